The van der Waals surface area contributed by atoms with Crippen molar-refractivity contribution >= 4 is 32.2 Å². The van der Waals surface area contributed by atoms with Crippen molar-refractivity contribution in [3.63, 3.8) is 0 Å². The van der Waals surface area contributed by atoms with Crippen molar-refractivity contribution in [1.82, 2.24) is 9.97 Å². The van der Waals surface area contributed by atoms with Gasteiger partial charge in [0.2, 0.25) is 5.91 Å². The fourth-order valence-corrected chi connectivity index (χ4v) is 3.96. The van der Waals surface area contributed by atoms with Crippen molar-refractivity contribution in [3.8, 4) is 11.4 Å². The number of pyridine rings is 1. The zero-order chi connectivity index (χ0) is 17.1. The Hall–Kier alpha value is -1.80. The van der Waals surface area contributed by atoms with Crippen LogP contribution in [0.5, 0.6) is 0 Å². The molecule has 2 heterocycles. The first-order valence-electron chi connectivity index (χ1n) is 7.18. The highest BCUT2D eigenvalue weighted by Gasteiger charge is 2.41. The standard InChI is InChI=1S/C15H19N3O3S2/c1-4-9-23(20,21)15(2,3)13(19)18-14-17-12(10-22-14)11-7-5-6-8-16-11/h5-8,10H,4,9H2,1-3H3,(H,17,18,19). The van der Waals surface area contributed by atoms with Crippen LogP contribution in [0.15, 0.2) is 29.8 Å². The Bertz CT molecular complexity index is 783. The van der Waals surface area contributed by atoms with E-state index in [-0.39, 0.29) is 5.75 Å². The number of thiazole rings is 1. The molecule has 0 aliphatic rings. The summed E-state index contributed by atoms with van der Waals surface area (Å²) < 4.78 is 22.9. The summed E-state index contributed by atoms with van der Waals surface area (Å²) in [5.74, 6) is -0.599. The summed E-state index contributed by atoms with van der Waals surface area (Å²) in [6, 6.07) is 5.47. The molecule has 2 aromatic rings. The first-order chi connectivity index (χ1) is 10.8. The van der Waals surface area contributed by atoms with Crippen LogP contribution in [0.3, 0.4) is 0 Å². The number of carbonyl (C=O) groups excluding carboxylic acids is 1. The fraction of sp³-hybridized carbons (Fsp3) is 0.400. The third-order valence-corrected chi connectivity index (χ3v) is 6.89. The maximum Gasteiger partial charge on any atom is 0.247 e. The monoisotopic (exact) mass is 353 g/mol. The molecule has 8 heteroatoms. The summed E-state index contributed by atoms with van der Waals surface area (Å²) in [5.41, 5.74) is 1.34. The van der Waals surface area contributed by atoms with Crippen molar-refractivity contribution < 1.29 is 13.2 Å². The van der Waals surface area contributed by atoms with E-state index in [4.69, 9.17) is 0 Å². The third kappa shape index (κ3) is 3.76. The molecule has 6 nitrogen and oxygen atoms in total. The fourth-order valence-electron chi connectivity index (χ4n) is 1.88. The number of carbonyl (C=O) groups is 1. The predicted octanol–water partition coefficient (Wildman–Crippen LogP) is 2.75. The predicted molar refractivity (Wildman–Crippen MR) is 92.1 cm³/mol. The van der Waals surface area contributed by atoms with Crippen LogP contribution in [0.4, 0.5) is 5.13 Å². The van der Waals surface area contributed by atoms with Crippen molar-refractivity contribution in [2.75, 3.05) is 11.1 Å². The van der Waals surface area contributed by atoms with Crippen LogP contribution >= 0.6 is 11.3 Å². The number of sulfone groups is 1. The van der Waals surface area contributed by atoms with Crippen LogP contribution in [0, 0.1) is 0 Å². The van der Waals surface area contributed by atoms with Gasteiger partial charge < -0.3 is 5.32 Å². The summed E-state index contributed by atoms with van der Waals surface area (Å²) in [6.45, 7) is 4.60. The topological polar surface area (TPSA) is 89.0 Å². The van der Waals surface area contributed by atoms with Crippen LogP contribution in [0.25, 0.3) is 11.4 Å². The molecular formula is C15H19N3O3S2. The molecule has 0 radical (unpaired) electrons. The Morgan fingerprint density at radius 2 is 2.04 bits per heavy atom. The van der Waals surface area contributed by atoms with Gasteiger partial charge in [-0.2, -0.15) is 0 Å². The Kier molecular flexibility index (Phi) is 5.16. The molecule has 0 aliphatic carbocycles. The maximum atomic E-state index is 12.4. The van der Waals surface area contributed by atoms with Crippen molar-refractivity contribution in [2.45, 2.75) is 31.9 Å². The normalized spacial score (nSPS) is 12.1. The molecule has 2 aromatic heterocycles. The molecule has 0 unspecified atom stereocenters. The molecule has 1 amide bonds. The Morgan fingerprint density at radius 3 is 2.65 bits per heavy atom. The second-order valence-corrected chi connectivity index (χ2v) is 9.05. The van der Waals surface area contributed by atoms with Gasteiger partial charge in [-0.1, -0.05) is 13.0 Å². The van der Waals surface area contributed by atoms with Gasteiger partial charge in [0, 0.05) is 11.6 Å². The minimum Gasteiger partial charge on any atom is -0.301 e. The highest BCUT2D eigenvalue weighted by atomic mass is 32.2. The van der Waals surface area contributed by atoms with E-state index in [9.17, 15) is 13.2 Å². The van der Waals surface area contributed by atoms with Crippen molar-refractivity contribution in [2.24, 2.45) is 0 Å². The first-order valence-corrected chi connectivity index (χ1v) is 9.72. The van der Waals surface area contributed by atoms with E-state index in [0.717, 1.165) is 0 Å². The second kappa shape index (κ2) is 6.76. The molecule has 0 bridgehead atoms. The first kappa shape index (κ1) is 17.6. The summed E-state index contributed by atoms with van der Waals surface area (Å²) >= 11 is 1.23. The molecular weight excluding hydrogens is 334 g/mol. The van der Waals surface area contributed by atoms with E-state index in [0.29, 0.717) is 22.9 Å². The van der Waals surface area contributed by atoms with Crippen molar-refractivity contribution in [1.29, 1.82) is 0 Å². The zero-order valence-corrected chi connectivity index (χ0v) is 14.9. The summed E-state index contributed by atoms with van der Waals surface area (Å²) in [5, 5.41) is 4.72. The number of hydrogen-bond donors (Lipinski definition) is 1. The highest BCUT2D eigenvalue weighted by Crippen LogP contribution is 2.26. The molecule has 0 spiro atoms. The number of aromatic nitrogens is 2. The Balaban J connectivity index is 2.17. The zero-order valence-electron chi connectivity index (χ0n) is 13.2. The Labute approximate surface area is 139 Å². The average molecular weight is 353 g/mol. The van der Waals surface area contributed by atoms with E-state index in [1.54, 1.807) is 24.6 Å². The van der Waals surface area contributed by atoms with Crippen LogP contribution in [0.2, 0.25) is 0 Å². The molecule has 1 N–H and O–H groups in total. The summed E-state index contributed by atoms with van der Waals surface area (Å²) in [6.07, 6.45) is 2.13. The molecule has 0 saturated heterocycles. The molecule has 0 saturated carbocycles. The van der Waals surface area contributed by atoms with Crippen LogP contribution in [-0.4, -0.2) is 34.8 Å². The van der Waals surface area contributed by atoms with Gasteiger partial charge in [0.25, 0.3) is 0 Å². The molecule has 0 fully saturated rings. The van der Waals surface area contributed by atoms with Crippen LogP contribution < -0.4 is 5.32 Å². The molecule has 124 valence electrons. The van der Waals surface area contributed by atoms with Gasteiger partial charge in [0.15, 0.2) is 15.0 Å². The minimum atomic E-state index is -3.52. The van der Waals surface area contributed by atoms with Gasteiger partial charge >= 0.3 is 0 Å². The van der Waals surface area contributed by atoms with E-state index in [2.05, 4.69) is 15.3 Å². The van der Waals surface area contributed by atoms with Gasteiger partial charge in [0.05, 0.1) is 11.4 Å². The number of nitrogens with one attached hydrogen (secondary N) is 1. The van der Waals surface area contributed by atoms with Crippen molar-refractivity contribution in [3.05, 3.63) is 29.8 Å². The quantitative estimate of drug-likeness (QED) is 0.862. The largest absolute Gasteiger partial charge is 0.301 e. The van der Waals surface area contributed by atoms with E-state index >= 15 is 0 Å². The third-order valence-electron chi connectivity index (χ3n) is 3.45. The molecule has 23 heavy (non-hydrogen) atoms. The molecule has 2 rings (SSSR count). The van der Waals surface area contributed by atoms with Crippen LogP contribution in [0.1, 0.15) is 27.2 Å². The molecule has 0 aliphatic heterocycles. The van der Waals surface area contributed by atoms with Crippen LogP contribution in [-0.2, 0) is 14.6 Å². The number of amides is 1. The lowest BCUT2D eigenvalue weighted by Crippen LogP contribution is -2.45. The van der Waals surface area contributed by atoms with Gasteiger partial charge in [-0.3, -0.25) is 9.78 Å². The van der Waals surface area contributed by atoms with E-state index < -0.39 is 20.5 Å². The lowest BCUT2D eigenvalue weighted by atomic mass is 10.2. The van der Waals surface area contributed by atoms with Gasteiger partial charge in [-0.05, 0) is 32.4 Å². The summed E-state index contributed by atoms with van der Waals surface area (Å²) in [7, 11) is -3.52. The number of rotatable bonds is 6. The summed E-state index contributed by atoms with van der Waals surface area (Å²) in [4.78, 5) is 20.8. The number of hydrogen-bond acceptors (Lipinski definition) is 6. The molecule has 0 aromatic carbocycles. The maximum absolute atomic E-state index is 12.4. The van der Waals surface area contributed by atoms with Gasteiger partial charge in [0.1, 0.15) is 10.4 Å². The van der Waals surface area contributed by atoms with E-state index in [1.165, 1.54) is 25.2 Å². The highest BCUT2D eigenvalue weighted by molar-refractivity contribution is 7.93. The molecule has 0 atom stereocenters. The van der Waals surface area contributed by atoms with Gasteiger partial charge in [-0.25, -0.2) is 13.4 Å². The average Bonchev–Trinajstić information content (AvgIpc) is 2.96. The number of anilines is 1. The number of nitrogens with zero attached hydrogens (tertiary/aromatic N) is 2. The second-order valence-electron chi connectivity index (χ2n) is 5.54. The lowest BCUT2D eigenvalue weighted by molar-refractivity contribution is -0.117. The van der Waals surface area contributed by atoms with E-state index in [1.807, 2.05) is 12.1 Å². The lowest BCUT2D eigenvalue weighted by Gasteiger charge is -2.22. The minimum absolute atomic E-state index is 0.0233. The Morgan fingerprint density at radius 1 is 1.30 bits per heavy atom. The SMILES string of the molecule is CCCS(=O)(=O)C(C)(C)C(=O)Nc1nc(-c2ccccn2)cs1. The smallest absolute Gasteiger partial charge is 0.247 e. The van der Waals surface area contributed by atoms with Gasteiger partial charge in [-0.15, -0.1) is 11.3 Å².